The number of benzene rings is 2. The van der Waals surface area contributed by atoms with E-state index in [2.05, 4.69) is 9.72 Å². The number of hydrogen-bond acceptors (Lipinski definition) is 4. The fraction of sp³-hybridized carbons (Fsp3) is 0.250. The van der Waals surface area contributed by atoms with Crippen LogP contribution >= 0.6 is 0 Å². The van der Waals surface area contributed by atoms with Crippen LogP contribution in [-0.2, 0) is 16.3 Å². The van der Waals surface area contributed by atoms with E-state index in [1.165, 1.54) is 35.8 Å². The van der Waals surface area contributed by atoms with Gasteiger partial charge in [0.05, 0.1) is 16.3 Å². The second-order valence-corrected chi connectivity index (χ2v) is 8.79. The first-order chi connectivity index (χ1) is 14.0. The van der Waals surface area contributed by atoms with Crippen molar-refractivity contribution in [2.45, 2.75) is 36.8 Å². The van der Waals surface area contributed by atoms with Crippen molar-refractivity contribution >= 4 is 9.84 Å². The molecule has 0 saturated heterocycles. The average Bonchev–Trinajstić information content (AvgIpc) is 3.03. The molecule has 0 aliphatic rings. The number of imidazole rings is 1. The lowest BCUT2D eigenvalue weighted by Gasteiger charge is -2.15. The minimum absolute atomic E-state index is 0.127. The van der Waals surface area contributed by atoms with Crippen LogP contribution in [0.15, 0.2) is 64.3 Å². The molecule has 0 amide bonds. The second kappa shape index (κ2) is 8.02. The summed E-state index contributed by atoms with van der Waals surface area (Å²) >= 11 is 0. The minimum Gasteiger partial charge on any atom is -0.406 e. The van der Waals surface area contributed by atoms with Crippen molar-refractivity contribution in [3.63, 3.8) is 0 Å². The van der Waals surface area contributed by atoms with Crippen LogP contribution in [-0.4, -0.2) is 24.3 Å². The highest BCUT2D eigenvalue weighted by Crippen LogP contribution is 2.30. The van der Waals surface area contributed by atoms with E-state index in [0.29, 0.717) is 12.1 Å². The maximum absolute atomic E-state index is 13.0. The normalized spacial score (nSPS) is 13.2. The summed E-state index contributed by atoms with van der Waals surface area (Å²) in [6, 6.07) is 12.7. The molecule has 30 heavy (non-hydrogen) atoms. The van der Waals surface area contributed by atoms with Crippen LogP contribution in [0.1, 0.15) is 30.5 Å². The lowest BCUT2D eigenvalue weighted by atomic mass is 10.2. The molecule has 3 aromatic rings. The largest absolute Gasteiger partial charge is 0.573 e. The molecule has 10 heteroatoms. The van der Waals surface area contributed by atoms with Crippen molar-refractivity contribution in [2.24, 2.45) is 0 Å². The van der Waals surface area contributed by atoms with E-state index in [1.807, 2.05) is 0 Å². The Kier molecular flexibility index (Phi) is 5.80. The maximum Gasteiger partial charge on any atom is 0.573 e. The molecule has 1 N–H and O–H groups in total. The highest BCUT2D eigenvalue weighted by Gasteiger charge is 2.32. The fourth-order valence-corrected chi connectivity index (χ4v) is 4.66. The molecule has 160 valence electrons. The summed E-state index contributed by atoms with van der Waals surface area (Å²) in [5, 5.41) is -1.03. The third-order valence-electron chi connectivity index (χ3n) is 4.63. The average molecular weight is 440 g/mol. The molecule has 6 nitrogen and oxygen atoms in total. The van der Waals surface area contributed by atoms with Gasteiger partial charge in [-0.1, -0.05) is 25.1 Å². The van der Waals surface area contributed by atoms with Crippen molar-refractivity contribution in [2.75, 3.05) is 0 Å². The molecule has 0 saturated carbocycles. The fourth-order valence-electron chi connectivity index (χ4n) is 3.21. The smallest absolute Gasteiger partial charge is 0.406 e. The standard InChI is InChI=1S/C20H19F3N2O4S/c1-3-17-18(13(2)30(27,28)16-7-5-4-6-8-16)24-19(26)25(17)14-9-11-15(12-10-14)29-20(21,22)23/h4-13H,3H2,1-2H3,(H,24,26)/t13-/m1/s1. The van der Waals surface area contributed by atoms with E-state index < -0.39 is 32.9 Å². The molecule has 0 spiro atoms. The summed E-state index contributed by atoms with van der Waals surface area (Å²) in [6.07, 6.45) is -4.50. The van der Waals surface area contributed by atoms with Gasteiger partial charge in [0.1, 0.15) is 11.0 Å². The monoisotopic (exact) mass is 440 g/mol. The maximum atomic E-state index is 13.0. The quantitative estimate of drug-likeness (QED) is 0.624. The predicted octanol–water partition coefficient (Wildman–Crippen LogP) is 4.16. The highest BCUT2D eigenvalue weighted by atomic mass is 32.2. The Morgan fingerprint density at radius 2 is 1.67 bits per heavy atom. The summed E-state index contributed by atoms with van der Waals surface area (Å²) < 4.78 is 68.1. The molecule has 1 heterocycles. The molecule has 2 aromatic carbocycles. The Bertz CT molecular complexity index is 1180. The molecule has 0 aliphatic heterocycles. The number of sulfone groups is 1. The lowest BCUT2D eigenvalue weighted by Crippen LogP contribution is -2.18. The first-order valence-electron chi connectivity index (χ1n) is 9.03. The predicted molar refractivity (Wildman–Crippen MR) is 104 cm³/mol. The molecule has 0 aliphatic carbocycles. The molecule has 0 unspecified atom stereocenters. The molecular weight excluding hydrogens is 421 g/mol. The molecule has 0 radical (unpaired) electrons. The lowest BCUT2D eigenvalue weighted by molar-refractivity contribution is -0.274. The zero-order chi connectivity index (χ0) is 22.1. The van der Waals surface area contributed by atoms with Crippen molar-refractivity contribution in [3.8, 4) is 11.4 Å². The summed E-state index contributed by atoms with van der Waals surface area (Å²) in [6.45, 7) is 3.24. The van der Waals surface area contributed by atoms with E-state index in [1.54, 1.807) is 25.1 Å². The van der Waals surface area contributed by atoms with Crippen molar-refractivity contribution in [3.05, 3.63) is 76.5 Å². The van der Waals surface area contributed by atoms with Gasteiger partial charge in [0.15, 0.2) is 9.84 Å². The van der Waals surface area contributed by atoms with Gasteiger partial charge in [-0.2, -0.15) is 0 Å². The molecule has 1 atom stereocenters. The highest BCUT2D eigenvalue weighted by molar-refractivity contribution is 7.91. The first kappa shape index (κ1) is 21.7. The van der Waals surface area contributed by atoms with Crippen LogP contribution in [0.3, 0.4) is 0 Å². The van der Waals surface area contributed by atoms with Crippen LogP contribution in [0, 0.1) is 0 Å². The molecule has 0 bridgehead atoms. The number of hydrogen-bond donors (Lipinski definition) is 1. The number of ether oxygens (including phenoxy) is 1. The zero-order valence-electron chi connectivity index (χ0n) is 16.1. The van der Waals surface area contributed by atoms with Gasteiger partial charge in [0.2, 0.25) is 0 Å². The van der Waals surface area contributed by atoms with Crippen LogP contribution in [0.25, 0.3) is 5.69 Å². The van der Waals surface area contributed by atoms with Gasteiger partial charge in [0.25, 0.3) is 0 Å². The van der Waals surface area contributed by atoms with Gasteiger partial charge < -0.3 is 9.72 Å². The first-order valence-corrected chi connectivity index (χ1v) is 10.6. The number of alkyl halides is 3. The Morgan fingerprint density at radius 1 is 1.07 bits per heavy atom. The van der Waals surface area contributed by atoms with E-state index in [0.717, 1.165) is 12.1 Å². The van der Waals surface area contributed by atoms with Crippen LogP contribution < -0.4 is 10.4 Å². The number of aromatic nitrogens is 2. The summed E-state index contributed by atoms with van der Waals surface area (Å²) in [5.41, 5.74) is 0.373. The Hall–Kier alpha value is -3.01. The topological polar surface area (TPSA) is 81.2 Å². The minimum atomic E-state index is -4.82. The molecule has 0 fully saturated rings. The zero-order valence-corrected chi connectivity index (χ0v) is 16.9. The number of rotatable bonds is 6. The van der Waals surface area contributed by atoms with Gasteiger partial charge in [-0.05, 0) is 49.7 Å². The molecule has 1 aromatic heterocycles. The number of nitrogens with one attached hydrogen (secondary N) is 1. The third-order valence-corrected chi connectivity index (χ3v) is 6.73. The second-order valence-electron chi connectivity index (χ2n) is 6.52. The van der Waals surface area contributed by atoms with Gasteiger partial charge in [-0.25, -0.2) is 13.2 Å². The van der Waals surface area contributed by atoms with E-state index in [4.69, 9.17) is 0 Å². The van der Waals surface area contributed by atoms with E-state index >= 15 is 0 Å². The molecular formula is C20H19F3N2O4S. The third kappa shape index (κ3) is 4.28. The van der Waals surface area contributed by atoms with Crippen LogP contribution in [0.4, 0.5) is 13.2 Å². The van der Waals surface area contributed by atoms with Gasteiger partial charge in [-0.3, -0.25) is 4.57 Å². The Morgan fingerprint density at radius 3 is 2.20 bits per heavy atom. The van der Waals surface area contributed by atoms with Crippen LogP contribution in [0.2, 0.25) is 0 Å². The van der Waals surface area contributed by atoms with Crippen LogP contribution in [0.5, 0.6) is 5.75 Å². The van der Waals surface area contributed by atoms with Crippen molar-refractivity contribution in [1.82, 2.24) is 9.55 Å². The number of H-pyrrole nitrogens is 1. The SMILES string of the molecule is CCc1c([C@@H](C)S(=O)(=O)c2ccccc2)[nH]c(=O)n1-c1ccc(OC(F)(F)F)cc1. The van der Waals surface area contributed by atoms with Gasteiger partial charge >= 0.3 is 12.1 Å². The molecule has 3 rings (SSSR count). The number of halogens is 3. The van der Waals surface area contributed by atoms with Gasteiger partial charge in [0, 0.05) is 5.69 Å². The van der Waals surface area contributed by atoms with Crippen molar-refractivity contribution in [1.29, 1.82) is 0 Å². The number of aromatic amines is 1. The van der Waals surface area contributed by atoms with E-state index in [9.17, 15) is 26.4 Å². The summed E-state index contributed by atoms with van der Waals surface area (Å²) in [7, 11) is -3.77. The summed E-state index contributed by atoms with van der Waals surface area (Å²) in [4.78, 5) is 15.3. The van der Waals surface area contributed by atoms with Gasteiger partial charge in [-0.15, -0.1) is 13.2 Å². The Labute approximate surface area is 170 Å². The number of nitrogens with zero attached hydrogens (tertiary/aromatic N) is 1. The Balaban J connectivity index is 2.03. The van der Waals surface area contributed by atoms with E-state index in [-0.39, 0.29) is 16.3 Å². The summed E-state index contributed by atoms with van der Waals surface area (Å²) in [5.74, 6) is -0.423. The van der Waals surface area contributed by atoms with Crippen molar-refractivity contribution < 1.29 is 26.3 Å².